The van der Waals surface area contributed by atoms with Crippen LogP contribution < -0.4 is 0 Å². The Labute approximate surface area is 88.7 Å². The van der Waals surface area contributed by atoms with Gasteiger partial charge in [-0.15, -0.1) is 0 Å². The molecule has 3 heteroatoms. The van der Waals surface area contributed by atoms with Crippen molar-refractivity contribution in [1.82, 2.24) is 0 Å². The number of carboxylic acids is 1. The quantitative estimate of drug-likeness (QED) is 0.738. The Bertz CT molecular complexity index is 363. The summed E-state index contributed by atoms with van der Waals surface area (Å²) < 4.78 is 0. The van der Waals surface area contributed by atoms with Crippen molar-refractivity contribution >= 4 is 5.97 Å². The minimum absolute atomic E-state index is 0.0320. The molecule has 3 nitrogen and oxygen atoms in total. The molecule has 0 saturated heterocycles. The Hall–Kier alpha value is -1.61. The number of rotatable bonds is 4. The van der Waals surface area contributed by atoms with Gasteiger partial charge < -0.3 is 10.2 Å². The van der Waals surface area contributed by atoms with Crippen LogP contribution in [0.4, 0.5) is 0 Å². The lowest BCUT2D eigenvalue weighted by Gasteiger charge is -1.99. The van der Waals surface area contributed by atoms with Crippen LogP contribution in [0, 0.1) is 0 Å². The number of carbonyl (C=O) groups is 1. The van der Waals surface area contributed by atoms with E-state index in [9.17, 15) is 4.79 Å². The second kappa shape index (κ2) is 5.32. The summed E-state index contributed by atoms with van der Waals surface area (Å²) in [5, 5.41) is 17.5. The van der Waals surface area contributed by atoms with E-state index >= 15 is 0 Å². The fraction of sp³-hybridized carbons (Fsp3) is 0.250. The van der Waals surface area contributed by atoms with Crippen molar-refractivity contribution in [3.8, 4) is 0 Å². The standard InChI is InChI=1S/C12H14O3/c1-9(12(14)15)2-3-10-4-6-11(8-13)7-5-10/h2,4-7,13H,3,8H2,1H3,(H,14,15)/b9-2+. The van der Waals surface area contributed by atoms with Crippen LogP contribution in [0.2, 0.25) is 0 Å². The average Bonchev–Trinajstić information content (AvgIpc) is 2.26. The van der Waals surface area contributed by atoms with E-state index < -0.39 is 5.97 Å². The first-order valence-corrected chi connectivity index (χ1v) is 4.72. The van der Waals surface area contributed by atoms with E-state index in [1.54, 1.807) is 13.0 Å². The van der Waals surface area contributed by atoms with Crippen molar-refractivity contribution in [1.29, 1.82) is 0 Å². The summed E-state index contributed by atoms with van der Waals surface area (Å²) in [4.78, 5) is 10.5. The van der Waals surface area contributed by atoms with Crippen LogP contribution in [0.15, 0.2) is 35.9 Å². The summed E-state index contributed by atoms with van der Waals surface area (Å²) in [7, 11) is 0. The van der Waals surface area contributed by atoms with Crippen LogP contribution in [-0.4, -0.2) is 16.2 Å². The van der Waals surface area contributed by atoms with Crippen LogP contribution >= 0.6 is 0 Å². The van der Waals surface area contributed by atoms with Crippen LogP contribution in [0.1, 0.15) is 18.1 Å². The van der Waals surface area contributed by atoms with Gasteiger partial charge in [0.25, 0.3) is 0 Å². The molecule has 1 aromatic carbocycles. The number of allylic oxidation sites excluding steroid dienone is 1. The first-order chi connectivity index (χ1) is 7.13. The molecule has 0 radical (unpaired) electrons. The van der Waals surface area contributed by atoms with Crippen LogP contribution in [0.25, 0.3) is 0 Å². The predicted molar refractivity (Wildman–Crippen MR) is 57.5 cm³/mol. The molecule has 1 aromatic rings. The maximum absolute atomic E-state index is 10.5. The van der Waals surface area contributed by atoms with Gasteiger partial charge in [0.1, 0.15) is 0 Å². The summed E-state index contributed by atoms with van der Waals surface area (Å²) in [6, 6.07) is 7.44. The van der Waals surface area contributed by atoms with Gasteiger partial charge in [-0.05, 0) is 24.5 Å². The molecule has 2 N–H and O–H groups in total. The van der Waals surface area contributed by atoms with Crippen molar-refractivity contribution in [2.45, 2.75) is 20.0 Å². The summed E-state index contributed by atoms with van der Waals surface area (Å²) in [5.41, 5.74) is 2.24. The van der Waals surface area contributed by atoms with Crippen molar-refractivity contribution in [3.05, 3.63) is 47.0 Å². The van der Waals surface area contributed by atoms with E-state index in [0.29, 0.717) is 12.0 Å². The number of benzene rings is 1. The van der Waals surface area contributed by atoms with Gasteiger partial charge in [0.2, 0.25) is 0 Å². The summed E-state index contributed by atoms with van der Waals surface area (Å²) in [5.74, 6) is -0.887. The molecule has 0 aliphatic rings. The van der Waals surface area contributed by atoms with Crippen molar-refractivity contribution in [2.75, 3.05) is 0 Å². The summed E-state index contributed by atoms with van der Waals surface area (Å²) in [6.07, 6.45) is 2.28. The van der Waals surface area contributed by atoms with Crippen LogP contribution in [0.3, 0.4) is 0 Å². The molecule has 0 spiro atoms. The maximum atomic E-state index is 10.5. The SMILES string of the molecule is C/C(=C\Cc1ccc(CO)cc1)C(=O)O. The highest BCUT2D eigenvalue weighted by Gasteiger charge is 1.98. The zero-order valence-electron chi connectivity index (χ0n) is 8.60. The molecular formula is C12H14O3. The molecule has 1 rings (SSSR count). The third kappa shape index (κ3) is 3.56. The van der Waals surface area contributed by atoms with Gasteiger partial charge in [-0.1, -0.05) is 30.3 Å². The van der Waals surface area contributed by atoms with E-state index in [0.717, 1.165) is 11.1 Å². The molecule has 0 aliphatic carbocycles. The third-order valence-corrected chi connectivity index (χ3v) is 2.19. The molecule has 0 fully saturated rings. The number of hydrogen-bond donors (Lipinski definition) is 2. The van der Waals surface area contributed by atoms with Gasteiger partial charge in [0.05, 0.1) is 6.61 Å². The molecule has 0 aliphatic heterocycles. The van der Waals surface area contributed by atoms with Crippen molar-refractivity contribution < 1.29 is 15.0 Å². The molecule has 0 amide bonds. The number of aliphatic hydroxyl groups is 1. The lowest BCUT2D eigenvalue weighted by Crippen LogP contribution is -1.96. The second-order valence-electron chi connectivity index (χ2n) is 3.37. The lowest BCUT2D eigenvalue weighted by atomic mass is 10.1. The maximum Gasteiger partial charge on any atom is 0.330 e. The van der Waals surface area contributed by atoms with Crippen LogP contribution in [0.5, 0.6) is 0 Å². The predicted octanol–water partition coefficient (Wildman–Crippen LogP) is 1.75. The Morgan fingerprint density at radius 2 is 1.80 bits per heavy atom. The third-order valence-electron chi connectivity index (χ3n) is 2.19. The first-order valence-electron chi connectivity index (χ1n) is 4.72. The zero-order valence-corrected chi connectivity index (χ0v) is 8.60. The first kappa shape index (κ1) is 11.5. The van der Waals surface area contributed by atoms with E-state index in [1.165, 1.54) is 0 Å². The molecule has 0 atom stereocenters. The lowest BCUT2D eigenvalue weighted by molar-refractivity contribution is -0.132. The molecule has 0 aromatic heterocycles. The Morgan fingerprint density at radius 1 is 1.27 bits per heavy atom. The van der Waals surface area contributed by atoms with Gasteiger partial charge in [-0.3, -0.25) is 0 Å². The van der Waals surface area contributed by atoms with Gasteiger partial charge >= 0.3 is 5.97 Å². The highest BCUT2D eigenvalue weighted by Crippen LogP contribution is 2.06. The molecule has 0 saturated carbocycles. The minimum Gasteiger partial charge on any atom is -0.478 e. The minimum atomic E-state index is -0.887. The smallest absolute Gasteiger partial charge is 0.330 e. The normalized spacial score (nSPS) is 11.5. The Morgan fingerprint density at radius 3 is 2.27 bits per heavy atom. The van der Waals surface area contributed by atoms with Gasteiger partial charge in [-0.2, -0.15) is 0 Å². The fourth-order valence-electron chi connectivity index (χ4n) is 1.14. The number of carboxylic acid groups (broad SMARTS) is 1. The van der Waals surface area contributed by atoms with E-state index in [2.05, 4.69) is 0 Å². The van der Waals surface area contributed by atoms with E-state index in [4.69, 9.17) is 10.2 Å². The van der Waals surface area contributed by atoms with Gasteiger partial charge in [0.15, 0.2) is 0 Å². The Balaban J connectivity index is 2.66. The summed E-state index contributed by atoms with van der Waals surface area (Å²) in [6.45, 7) is 1.61. The molecule has 0 unspecified atom stereocenters. The monoisotopic (exact) mass is 206 g/mol. The molecular weight excluding hydrogens is 192 g/mol. The molecule has 80 valence electrons. The average molecular weight is 206 g/mol. The molecule has 15 heavy (non-hydrogen) atoms. The van der Waals surface area contributed by atoms with Crippen molar-refractivity contribution in [3.63, 3.8) is 0 Å². The fourth-order valence-corrected chi connectivity index (χ4v) is 1.14. The van der Waals surface area contributed by atoms with Crippen LogP contribution in [-0.2, 0) is 17.8 Å². The zero-order chi connectivity index (χ0) is 11.3. The van der Waals surface area contributed by atoms with Crippen molar-refractivity contribution in [2.24, 2.45) is 0 Å². The topological polar surface area (TPSA) is 57.5 Å². The van der Waals surface area contributed by atoms with Gasteiger partial charge in [0, 0.05) is 5.57 Å². The number of hydrogen-bond acceptors (Lipinski definition) is 2. The largest absolute Gasteiger partial charge is 0.478 e. The highest BCUT2D eigenvalue weighted by atomic mass is 16.4. The second-order valence-corrected chi connectivity index (χ2v) is 3.37. The number of aliphatic hydroxyl groups excluding tert-OH is 1. The van der Waals surface area contributed by atoms with E-state index in [1.807, 2.05) is 24.3 Å². The highest BCUT2D eigenvalue weighted by molar-refractivity contribution is 5.85. The molecule has 0 heterocycles. The summed E-state index contributed by atoms with van der Waals surface area (Å²) >= 11 is 0. The Kier molecular flexibility index (Phi) is 4.06. The van der Waals surface area contributed by atoms with Gasteiger partial charge in [-0.25, -0.2) is 4.79 Å². The number of aliphatic carboxylic acids is 1. The molecule has 0 bridgehead atoms. The van der Waals surface area contributed by atoms with E-state index in [-0.39, 0.29) is 6.61 Å².